The summed E-state index contributed by atoms with van der Waals surface area (Å²) in [5.74, 6) is 0. The molecule has 78 valence electrons. The minimum absolute atomic E-state index is 0.458. The third-order valence-corrected chi connectivity index (χ3v) is 2.11. The van der Waals surface area contributed by atoms with E-state index in [-0.39, 0.29) is 0 Å². The minimum atomic E-state index is 0.458. The molecule has 0 spiro atoms. The summed E-state index contributed by atoms with van der Waals surface area (Å²) in [4.78, 5) is 2.66. The van der Waals surface area contributed by atoms with Crippen LogP contribution in [0.5, 0.6) is 0 Å². The minimum Gasteiger partial charge on any atom is -0.399 e. The summed E-state index contributed by atoms with van der Waals surface area (Å²) in [6.45, 7) is 0.458. The molecule has 1 aromatic carbocycles. The molecule has 0 aliphatic carbocycles. The highest BCUT2D eigenvalue weighted by Crippen LogP contribution is 2.20. The molecule has 0 aliphatic rings. The first-order valence-electron chi connectivity index (χ1n) is 4.46. The van der Waals surface area contributed by atoms with Crippen molar-refractivity contribution in [2.45, 2.75) is 6.42 Å². The first-order valence-corrected chi connectivity index (χ1v) is 4.84. The number of nitrogens with two attached hydrogens (primary N) is 1. The summed E-state index contributed by atoms with van der Waals surface area (Å²) in [7, 11) is 0. The molecule has 0 amide bonds. The lowest BCUT2D eigenvalue weighted by Gasteiger charge is -1.99. The molecule has 0 fully saturated rings. The van der Waals surface area contributed by atoms with E-state index in [0.717, 1.165) is 5.56 Å². The van der Waals surface area contributed by atoms with Crippen molar-refractivity contribution < 1.29 is 0 Å². The molecule has 15 heavy (non-hydrogen) atoms. The molecule has 0 aromatic heterocycles. The number of anilines is 1. The van der Waals surface area contributed by atoms with E-state index in [1.165, 1.54) is 0 Å². The van der Waals surface area contributed by atoms with Crippen LogP contribution in [0.3, 0.4) is 0 Å². The maximum absolute atomic E-state index is 8.06. The van der Waals surface area contributed by atoms with Crippen LogP contribution in [0, 0.1) is 0 Å². The molecule has 2 N–H and O–H groups in total. The van der Waals surface area contributed by atoms with E-state index in [0.29, 0.717) is 23.7 Å². The summed E-state index contributed by atoms with van der Waals surface area (Å²) < 4.78 is 0. The lowest BCUT2D eigenvalue weighted by atomic mass is 10.2. The fourth-order valence-electron chi connectivity index (χ4n) is 1.07. The Morgan fingerprint density at radius 3 is 3.00 bits per heavy atom. The summed E-state index contributed by atoms with van der Waals surface area (Å²) in [5.41, 5.74) is 15.2. The highest BCUT2D eigenvalue weighted by Gasteiger charge is 1.95. The average Bonchev–Trinajstić information content (AvgIpc) is 2.20. The van der Waals surface area contributed by atoms with Crippen molar-refractivity contribution in [1.82, 2.24) is 0 Å². The molecule has 0 saturated carbocycles. The Morgan fingerprint density at radius 1 is 1.53 bits per heavy atom. The van der Waals surface area contributed by atoms with E-state index in [1.54, 1.807) is 12.1 Å². The van der Waals surface area contributed by atoms with Crippen molar-refractivity contribution >= 4 is 23.4 Å². The van der Waals surface area contributed by atoms with E-state index >= 15 is 0 Å². The van der Waals surface area contributed by atoms with Gasteiger partial charge in [-0.2, -0.15) is 0 Å². The van der Waals surface area contributed by atoms with Gasteiger partial charge >= 0.3 is 0 Å². The van der Waals surface area contributed by atoms with Gasteiger partial charge in [-0.15, -0.1) is 0 Å². The molecule has 0 atom stereocenters. The maximum atomic E-state index is 8.06. The molecule has 1 rings (SSSR count). The molecule has 5 heteroatoms. The van der Waals surface area contributed by atoms with E-state index < -0.39 is 0 Å². The fraction of sp³-hybridized carbons (Fsp3) is 0.200. The van der Waals surface area contributed by atoms with E-state index in [1.807, 2.05) is 18.2 Å². The van der Waals surface area contributed by atoms with Gasteiger partial charge in [-0.3, -0.25) is 0 Å². The van der Waals surface area contributed by atoms with Gasteiger partial charge < -0.3 is 5.73 Å². The van der Waals surface area contributed by atoms with Crippen LogP contribution in [0.2, 0.25) is 5.02 Å². The predicted molar refractivity (Wildman–Crippen MR) is 63.5 cm³/mol. The highest BCUT2D eigenvalue weighted by atomic mass is 35.5. The van der Waals surface area contributed by atoms with Gasteiger partial charge in [-0.25, -0.2) is 0 Å². The number of rotatable bonds is 4. The number of halogens is 1. The van der Waals surface area contributed by atoms with Gasteiger partial charge in [-0.1, -0.05) is 34.9 Å². The molecule has 4 nitrogen and oxygen atoms in total. The van der Waals surface area contributed by atoms with Crippen LogP contribution >= 0.6 is 11.6 Å². The Bertz CT molecular complexity index is 408. The molecule has 0 radical (unpaired) electrons. The van der Waals surface area contributed by atoms with Crippen molar-refractivity contribution in [2.24, 2.45) is 5.11 Å². The lowest BCUT2D eigenvalue weighted by Crippen LogP contribution is -1.84. The van der Waals surface area contributed by atoms with Crippen LogP contribution in [0.15, 0.2) is 29.4 Å². The first kappa shape index (κ1) is 11.4. The second-order valence-corrected chi connectivity index (χ2v) is 3.33. The van der Waals surface area contributed by atoms with Crippen molar-refractivity contribution in [1.29, 1.82) is 0 Å². The highest BCUT2D eigenvalue weighted by molar-refractivity contribution is 6.32. The summed E-state index contributed by atoms with van der Waals surface area (Å²) in [6, 6.07) is 5.34. The van der Waals surface area contributed by atoms with Crippen LogP contribution in [0.4, 0.5) is 5.69 Å². The molecule has 0 aliphatic heterocycles. The normalized spacial score (nSPS) is 10.2. The van der Waals surface area contributed by atoms with Gasteiger partial charge in [-0.05, 0) is 29.6 Å². The predicted octanol–water partition coefficient (Wildman–Crippen LogP) is 3.64. The van der Waals surface area contributed by atoms with Gasteiger partial charge in [0, 0.05) is 22.2 Å². The monoisotopic (exact) mass is 222 g/mol. The molecule has 0 saturated heterocycles. The fourth-order valence-corrected chi connectivity index (χ4v) is 1.32. The van der Waals surface area contributed by atoms with Crippen LogP contribution < -0.4 is 5.73 Å². The van der Waals surface area contributed by atoms with E-state index in [2.05, 4.69) is 10.0 Å². The molecule has 0 bridgehead atoms. The Morgan fingerprint density at radius 2 is 2.33 bits per heavy atom. The quantitative estimate of drug-likeness (QED) is 0.273. The van der Waals surface area contributed by atoms with Crippen LogP contribution in [-0.2, 0) is 0 Å². The lowest BCUT2D eigenvalue weighted by molar-refractivity contribution is 0.996. The summed E-state index contributed by atoms with van der Waals surface area (Å²) in [5, 5.41) is 4.04. The zero-order valence-electron chi connectivity index (χ0n) is 8.10. The Kier molecular flexibility index (Phi) is 4.54. The van der Waals surface area contributed by atoms with E-state index in [4.69, 9.17) is 22.9 Å². The molecular formula is C10H11ClN4. The zero-order chi connectivity index (χ0) is 11.1. The van der Waals surface area contributed by atoms with Crippen molar-refractivity contribution in [3.63, 3.8) is 0 Å². The van der Waals surface area contributed by atoms with E-state index in [9.17, 15) is 0 Å². The number of nitrogens with zero attached hydrogens (tertiary/aromatic N) is 3. The topological polar surface area (TPSA) is 74.8 Å². The number of hydrogen-bond acceptors (Lipinski definition) is 2. The molecule has 1 aromatic rings. The Balaban J connectivity index is 2.60. The van der Waals surface area contributed by atoms with Crippen LogP contribution in [0.1, 0.15) is 12.0 Å². The molecular weight excluding hydrogens is 212 g/mol. The van der Waals surface area contributed by atoms with Crippen LogP contribution in [-0.4, -0.2) is 6.54 Å². The Hall–Kier alpha value is -1.64. The number of azide groups is 1. The number of benzene rings is 1. The smallest absolute Gasteiger partial charge is 0.0498 e. The van der Waals surface area contributed by atoms with Crippen LogP contribution in [0.25, 0.3) is 16.5 Å². The van der Waals surface area contributed by atoms with Gasteiger partial charge in [0.05, 0.1) is 0 Å². The SMILES string of the molecule is [N-]=[N+]=NCCC=Cc1ccc(N)cc1Cl. The largest absolute Gasteiger partial charge is 0.399 e. The second-order valence-electron chi connectivity index (χ2n) is 2.93. The first-order chi connectivity index (χ1) is 7.24. The standard InChI is InChI=1S/C10H11ClN4/c11-10-7-9(12)5-4-8(10)3-1-2-6-14-15-13/h1,3-5,7H,2,6,12H2. The molecule has 0 unspecified atom stereocenters. The van der Waals surface area contributed by atoms with Crippen molar-refractivity contribution in [3.05, 3.63) is 45.3 Å². The summed E-state index contributed by atoms with van der Waals surface area (Å²) in [6.07, 6.45) is 4.49. The number of hydrogen-bond donors (Lipinski definition) is 1. The van der Waals surface area contributed by atoms with Crippen molar-refractivity contribution in [2.75, 3.05) is 12.3 Å². The zero-order valence-corrected chi connectivity index (χ0v) is 8.85. The third kappa shape index (κ3) is 3.94. The van der Waals surface area contributed by atoms with Crippen molar-refractivity contribution in [3.8, 4) is 0 Å². The van der Waals surface area contributed by atoms with Gasteiger partial charge in [0.15, 0.2) is 0 Å². The Labute approximate surface area is 93.0 Å². The van der Waals surface area contributed by atoms with Gasteiger partial charge in [0.25, 0.3) is 0 Å². The second kappa shape index (κ2) is 5.96. The van der Waals surface area contributed by atoms with Gasteiger partial charge in [0.2, 0.25) is 0 Å². The number of nitrogen functional groups attached to an aromatic ring is 1. The third-order valence-electron chi connectivity index (χ3n) is 1.78. The average molecular weight is 223 g/mol. The summed E-state index contributed by atoms with van der Waals surface area (Å²) >= 11 is 5.96. The maximum Gasteiger partial charge on any atom is 0.0498 e. The molecule has 0 heterocycles. The van der Waals surface area contributed by atoms with Gasteiger partial charge in [0.1, 0.15) is 0 Å².